The monoisotopic (exact) mass is 331 g/mol. The van der Waals surface area contributed by atoms with E-state index in [1.165, 1.54) is 29.4 Å². The maximum atomic E-state index is 5.73. The van der Waals surface area contributed by atoms with Crippen LogP contribution in [0, 0.1) is 9.49 Å². The first-order chi connectivity index (χ1) is 7.84. The summed E-state index contributed by atoms with van der Waals surface area (Å²) in [5, 5.41) is 3.43. The van der Waals surface area contributed by atoms with Crippen LogP contribution in [0.3, 0.4) is 0 Å². The molecule has 0 aliphatic carbocycles. The molecule has 0 saturated carbocycles. The second-order valence-electron chi connectivity index (χ2n) is 4.30. The molecular weight excluding hydrogens is 313 g/mol. The van der Waals surface area contributed by atoms with Crippen molar-refractivity contribution in [3.05, 3.63) is 27.8 Å². The number of benzene rings is 1. The van der Waals surface area contributed by atoms with Gasteiger partial charge in [-0.05, 0) is 85.1 Å². The molecule has 16 heavy (non-hydrogen) atoms. The maximum Gasteiger partial charge on any atom is 0.119 e. The van der Waals surface area contributed by atoms with E-state index in [4.69, 9.17) is 4.74 Å². The van der Waals surface area contributed by atoms with E-state index in [0.717, 1.165) is 24.8 Å². The van der Waals surface area contributed by atoms with Crippen molar-refractivity contribution < 1.29 is 4.74 Å². The standard InChI is InChI=1S/C13H18INO/c14-12-3-5-13(6-4-12)16-9-7-11-2-1-8-15-10-11/h3-6,11,15H,1-2,7-10H2/t11-/m1/s1. The Bertz CT molecular complexity index is 306. The first-order valence-electron chi connectivity index (χ1n) is 5.94. The Morgan fingerprint density at radius 2 is 2.12 bits per heavy atom. The molecule has 0 spiro atoms. The molecule has 2 rings (SSSR count). The minimum absolute atomic E-state index is 0.803. The maximum absolute atomic E-state index is 5.73. The van der Waals surface area contributed by atoms with Crippen molar-refractivity contribution in [2.75, 3.05) is 19.7 Å². The molecule has 1 atom stereocenters. The second kappa shape index (κ2) is 6.45. The summed E-state index contributed by atoms with van der Waals surface area (Å²) in [5.74, 6) is 1.79. The predicted molar refractivity (Wildman–Crippen MR) is 74.9 cm³/mol. The molecule has 1 aromatic carbocycles. The lowest BCUT2D eigenvalue weighted by molar-refractivity contribution is 0.254. The van der Waals surface area contributed by atoms with Crippen LogP contribution in [0.5, 0.6) is 5.75 Å². The van der Waals surface area contributed by atoms with Crippen molar-refractivity contribution in [1.29, 1.82) is 0 Å². The van der Waals surface area contributed by atoms with E-state index in [9.17, 15) is 0 Å². The van der Waals surface area contributed by atoms with Gasteiger partial charge in [0.1, 0.15) is 5.75 Å². The topological polar surface area (TPSA) is 21.3 Å². The molecule has 0 bridgehead atoms. The summed E-state index contributed by atoms with van der Waals surface area (Å²) in [4.78, 5) is 0. The van der Waals surface area contributed by atoms with Crippen LogP contribution in [0.2, 0.25) is 0 Å². The molecule has 1 N–H and O–H groups in total. The number of ether oxygens (including phenoxy) is 1. The average Bonchev–Trinajstić information content (AvgIpc) is 2.33. The molecule has 0 unspecified atom stereocenters. The van der Waals surface area contributed by atoms with Gasteiger partial charge in [0.15, 0.2) is 0 Å². The predicted octanol–water partition coefficient (Wildman–Crippen LogP) is 3.06. The highest BCUT2D eigenvalue weighted by atomic mass is 127. The molecule has 3 heteroatoms. The fourth-order valence-corrected chi connectivity index (χ4v) is 2.40. The van der Waals surface area contributed by atoms with E-state index in [-0.39, 0.29) is 0 Å². The van der Waals surface area contributed by atoms with Crippen LogP contribution in [-0.4, -0.2) is 19.7 Å². The van der Waals surface area contributed by atoms with Gasteiger partial charge in [0.25, 0.3) is 0 Å². The number of hydrogen-bond acceptors (Lipinski definition) is 2. The van der Waals surface area contributed by atoms with Crippen LogP contribution in [0.4, 0.5) is 0 Å². The lowest BCUT2D eigenvalue weighted by Gasteiger charge is -2.22. The van der Waals surface area contributed by atoms with E-state index in [2.05, 4.69) is 40.0 Å². The zero-order valence-corrected chi connectivity index (χ0v) is 11.6. The third kappa shape index (κ3) is 3.94. The Labute approximate surface area is 111 Å². The van der Waals surface area contributed by atoms with Gasteiger partial charge in [0, 0.05) is 3.57 Å². The van der Waals surface area contributed by atoms with Crippen LogP contribution >= 0.6 is 22.6 Å². The second-order valence-corrected chi connectivity index (χ2v) is 5.55. The van der Waals surface area contributed by atoms with E-state index in [1.807, 2.05) is 12.1 Å². The summed E-state index contributed by atoms with van der Waals surface area (Å²) < 4.78 is 6.98. The Kier molecular flexibility index (Phi) is 4.91. The van der Waals surface area contributed by atoms with Gasteiger partial charge < -0.3 is 10.1 Å². The number of nitrogens with one attached hydrogen (secondary N) is 1. The molecule has 88 valence electrons. The number of halogens is 1. The van der Waals surface area contributed by atoms with Crippen molar-refractivity contribution in [1.82, 2.24) is 5.32 Å². The van der Waals surface area contributed by atoms with Gasteiger partial charge in [-0.2, -0.15) is 0 Å². The molecular formula is C13H18INO. The summed E-state index contributed by atoms with van der Waals surface area (Å²) in [6, 6.07) is 8.25. The largest absolute Gasteiger partial charge is 0.494 e. The average molecular weight is 331 g/mol. The lowest BCUT2D eigenvalue weighted by Crippen LogP contribution is -2.30. The molecule has 0 radical (unpaired) electrons. The van der Waals surface area contributed by atoms with E-state index < -0.39 is 0 Å². The quantitative estimate of drug-likeness (QED) is 0.857. The van der Waals surface area contributed by atoms with Crippen LogP contribution in [0.25, 0.3) is 0 Å². The van der Waals surface area contributed by atoms with Crippen molar-refractivity contribution in [3.63, 3.8) is 0 Å². The van der Waals surface area contributed by atoms with Gasteiger partial charge in [-0.3, -0.25) is 0 Å². The number of rotatable bonds is 4. The molecule has 1 heterocycles. The third-order valence-corrected chi connectivity index (χ3v) is 3.73. The summed E-state index contributed by atoms with van der Waals surface area (Å²) >= 11 is 2.31. The summed E-state index contributed by atoms with van der Waals surface area (Å²) in [6.45, 7) is 3.19. The molecule has 1 aromatic rings. The van der Waals surface area contributed by atoms with Gasteiger partial charge in [-0.25, -0.2) is 0 Å². The van der Waals surface area contributed by atoms with Gasteiger partial charge in [-0.15, -0.1) is 0 Å². The molecule has 1 fully saturated rings. The van der Waals surface area contributed by atoms with Crippen molar-refractivity contribution in [2.45, 2.75) is 19.3 Å². The summed E-state index contributed by atoms with van der Waals surface area (Å²) in [7, 11) is 0. The fourth-order valence-electron chi connectivity index (χ4n) is 2.04. The Hall–Kier alpha value is -0.290. The van der Waals surface area contributed by atoms with Gasteiger partial charge in [0.2, 0.25) is 0 Å². The highest BCUT2D eigenvalue weighted by molar-refractivity contribution is 14.1. The van der Waals surface area contributed by atoms with Crippen LogP contribution in [0.15, 0.2) is 24.3 Å². The lowest BCUT2D eigenvalue weighted by atomic mass is 9.97. The smallest absolute Gasteiger partial charge is 0.119 e. The molecule has 1 aliphatic rings. The Morgan fingerprint density at radius 3 is 2.81 bits per heavy atom. The normalized spacial score (nSPS) is 20.7. The number of hydrogen-bond donors (Lipinski definition) is 1. The molecule has 1 saturated heterocycles. The molecule has 0 aromatic heterocycles. The van der Waals surface area contributed by atoms with Crippen LogP contribution in [0.1, 0.15) is 19.3 Å². The SMILES string of the molecule is Ic1ccc(OCC[C@H]2CCCNC2)cc1. The minimum Gasteiger partial charge on any atom is -0.494 e. The molecule has 2 nitrogen and oxygen atoms in total. The highest BCUT2D eigenvalue weighted by Crippen LogP contribution is 2.17. The van der Waals surface area contributed by atoms with Crippen molar-refractivity contribution >= 4 is 22.6 Å². The van der Waals surface area contributed by atoms with E-state index >= 15 is 0 Å². The first-order valence-corrected chi connectivity index (χ1v) is 7.01. The molecule has 1 aliphatic heterocycles. The zero-order chi connectivity index (χ0) is 11.2. The minimum atomic E-state index is 0.803. The Morgan fingerprint density at radius 1 is 1.31 bits per heavy atom. The van der Waals surface area contributed by atoms with E-state index in [0.29, 0.717) is 0 Å². The van der Waals surface area contributed by atoms with Crippen molar-refractivity contribution in [2.24, 2.45) is 5.92 Å². The van der Waals surface area contributed by atoms with Crippen molar-refractivity contribution in [3.8, 4) is 5.75 Å². The van der Waals surface area contributed by atoms with Crippen LogP contribution in [-0.2, 0) is 0 Å². The van der Waals surface area contributed by atoms with Gasteiger partial charge >= 0.3 is 0 Å². The zero-order valence-electron chi connectivity index (χ0n) is 9.42. The summed E-state index contributed by atoms with van der Waals surface area (Å²) in [6.07, 6.45) is 3.83. The number of piperidine rings is 1. The highest BCUT2D eigenvalue weighted by Gasteiger charge is 2.12. The fraction of sp³-hybridized carbons (Fsp3) is 0.538. The Balaban J connectivity index is 1.69. The third-order valence-electron chi connectivity index (χ3n) is 3.01. The molecule has 0 amide bonds. The summed E-state index contributed by atoms with van der Waals surface area (Å²) in [5.41, 5.74) is 0. The first kappa shape index (κ1) is 12.2. The van der Waals surface area contributed by atoms with Gasteiger partial charge in [-0.1, -0.05) is 0 Å². The van der Waals surface area contributed by atoms with E-state index in [1.54, 1.807) is 0 Å². The van der Waals surface area contributed by atoms with Gasteiger partial charge in [0.05, 0.1) is 6.61 Å². The van der Waals surface area contributed by atoms with Crippen LogP contribution < -0.4 is 10.1 Å².